The van der Waals surface area contributed by atoms with Gasteiger partial charge in [0.05, 0.1) is 12.3 Å². The lowest BCUT2D eigenvalue weighted by atomic mass is 10.3. The van der Waals surface area contributed by atoms with Crippen LogP contribution >= 0.6 is 0 Å². The minimum absolute atomic E-state index is 0.177. The van der Waals surface area contributed by atoms with E-state index in [1.165, 1.54) is 6.07 Å². The number of rotatable bonds is 4. The van der Waals surface area contributed by atoms with Gasteiger partial charge in [-0.2, -0.15) is 0 Å². The second-order valence-corrected chi connectivity index (χ2v) is 2.86. The minimum Gasteiger partial charge on any atom is -0.488 e. The maximum absolute atomic E-state index is 13.1. The molecule has 13 heavy (non-hydrogen) atoms. The lowest BCUT2D eigenvalue weighted by Gasteiger charge is -2.08. The first-order chi connectivity index (χ1) is 6.25. The van der Waals surface area contributed by atoms with Gasteiger partial charge in [0.15, 0.2) is 11.6 Å². The van der Waals surface area contributed by atoms with Gasteiger partial charge in [0, 0.05) is 0 Å². The van der Waals surface area contributed by atoms with Gasteiger partial charge in [-0.25, -0.2) is 4.39 Å². The number of anilines is 1. The number of hydrogen-bond donors (Lipinski definition) is 1. The van der Waals surface area contributed by atoms with Gasteiger partial charge in [0.25, 0.3) is 0 Å². The molecule has 0 amide bonds. The van der Waals surface area contributed by atoms with E-state index in [-0.39, 0.29) is 5.75 Å². The van der Waals surface area contributed by atoms with E-state index in [1.807, 2.05) is 6.92 Å². The molecule has 0 aliphatic heterocycles. The zero-order valence-corrected chi connectivity index (χ0v) is 7.72. The summed E-state index contributed by atoms with van der Waals surface area (Å²) in [6.07, 6.45) is 1.93. The topological polar surface area (TPSA) is 35.2 Å². The molecule has 72 valence electrons. The molecule has 2 nitrogen and oxygen atoms in total. The summed E-state index contributed by atoms with van der Waals surface area (Å²) in [5.74, 6) is -0.216. The van der Waals surface area contributed by atoms with Gasteiger partial charge < -0.3 is 10.5 Å². The van der Waals surface area contributed by atoms with E-state index in [1.54, 1.807) is 12.1 Å². The molecule has 0 atom stereocenters. The Kier molecular flexibility index (Phi) is 3.55. The number of nitrogens with two attached hydrogens (primary N) is 1. The Morgan fingerprint density at radius 3 is 2.85 bits per heavy atom. The van der Waals surface area contributed by atoms with E-state index in [9.17, 15) is 4.39 Å². The summed E-state index contributed by atoms with van der Waals surface area (Å²) in [5.41, 5.74) is 5.90. The molecular weight excluding hydrogens is 169 g/mol. The fourth-order valence-electron chi connectivity index (χ4n) is 0.996. The summed E-state index contributed by atoms with van der Waals surface area (Å²) >= 11 is 0. The van der Waals surface area contributed by atoms with Crippen LogP contribution < -0.4 is 10.5 Å². The van der Waals surface area contributed by atoms with Gasteiger partial charge in [0.1, 0.15) is 0 Å². The molecule has 0 aliphatic carbocycles. The van der Waals surface area contributed by atoms with Crippen LogP contribution in [0.1, 0.15) is 19.8 Å². The molecule has 0 fully saturated rings. The first-order valence-electron chi connectivity index (χ1n) is 4.42. The Balaban J connectivity index is 2.64. The summed E-state index contributed by atoms with van der Waals surface area (Å²) in [6, 6.07) is 4.54. The summed E-state index contributed by atoms with van der Waals surface area (Å²) in [4.78, 5) is 0. The fraction of sp³-hybridized carbons (Fsp3) is 0.400. The van der Waals surface area contributed by atoms with Gasteiger partial charge >= 0.3 is 0 Å². The van der Waals surface area contributed by atoms with Crippen LogP contribution in [0.2, 0.25) is 0 Å². The Morgan fingerprint density at radius 1 is 1.46 bits per heavy atom. The van der Waals surface area contributed by atoms with Crippen LogP contribution in [0, 0.1) is 5.82 Å². The fourth-order valence-corrected chi connectivity index (χ4v) is 0.996. The number of unbranched alkanes of at least 4 members (excludes halogenated alkanes) is 1. The highest BCUT2D eigenvalue weighted by molar-refractivity contribution is 5.52. The highest BCUT2D eigenvalue weighted by Gasteiger charge is 2.05. The van der Waals surface area contributed by atoms with E-state index >= 15 is 0 Å². The van der Waals surface area contributed by atoms with Crippen molar-refractivity contribution >= 4 is 5.69 Å². The van der Waals surface area contributed by atoms with Crippen molar-refractivity contribution in [3.63, 3.8) is 0 Å². The van der Waals surface area contributed by atoms with Crippen molar-refractivity contribution in [2.24, 2.45) is 0 Å². The number of benzene rings is 1. The maximum Gasteiger partial charge on any atom is 0.177 e. The van der Waals surface area contributed by atoms with E-state index in [4.69, 9.17) is 10.5 Å². The van der Waals surface area contributed by atoms with Gasteiger partial charge in [0.2, 0.25) is 0 Å². The predicted molar refractivity (Wildman–Crippen MR) is 51.2 cm³/mol. The summed E-state index contributed by atoms with van der Waals surface area (Å²) in [7, 11) is 0. The zero-order valence-electron chi connectivity index (χ0n) is 7.72. The standard InChI is InChI=1S/C10H14FNO/c1-2-3-7-13-10-8(11)5-4-6-9(10)12/h4-6H,2-3,7,12H2,1H3. The zero-order chi connectivity index (χ0) is 9.68. The third-order valence-corrected chi connectivity index (χ3v) is 1.74. The Labute approximate surface area is 77.5 Å². The minimum atomic E-state index is -0.392. The van der Waals surface area contributed by atoms with Crippen LogP contribution in [0.4, 0.5) is 10.1 Å². The van der Waals surface area contributed by atoms with Crippen LogP contribution in [0.15, 0.2) is 18.2 Å². The smallest absolute Gasteiger partial charge is 0.177 e. The molecule has 0 bridgehead atoms. The van der Waals surface area contributed by atoms with Crippen molar-refractivity contribution in [1.29, 1.82) is 0 Å². The van der Waals surface area contributed by atoms with Gasteiger partial charge in [-0.1, -0.05) is 19.4 Å². The van der Waals surface area contributed by atoms with Crippen LogP contribution in [0.5, 0.6) is 5.75 Å². The Hall–Kier alpha value is -1.25. The van der Waals surface area contributed by atoms with Crippen molar-refractivity contribution in [2.75, 3.05) is 12.3 Å². The third kappa shape index (κ3) is 2.61. The molecule has 2 N–H and O–H groups in total. The van der Waals surface area contributed by atoms with Gasteiger partial charge in [-0.05, 0) is 18.6 Å². The molecule has 0 radical (unpaired) electrons. The van der Waals surface area contributed by atoms with Crippen molar-refractivity contribution in [1.82, 2.24) is 0 Å². The van der Waals surface area contributed by atoms with E-state index in [2.05, 4.69) is 0 Å². The van der Waals surface area contributed by atoms with E-state index in [0.29, 0.717) is 12.3 Å². The summed E-state index contributed by atoms with van der Waals surface area (Å²) in [6.45, 7) is 2.57. The molecule has 0 aliphatic rings. The summed E-state index contributed by atoms with van der Waals surface area (Å²) < 4.78 is 18.3. The highest BCUT2D eigenvalue weighted by atomic mass is 19.1. The monoisotopic (exact) mass is 183 g/mol. The summed E-state index contributed by atoms with van der Waals surface area (Å²) in [5, 5.41) is 0. The Bertz CT molecular complexity index is 255. The van der Waals surface area contributed by atoms with E-state index < -0.39 is 5.82 Å². The van der Waals surface area contributed by atoms with Crippen molar-refractivity contribution < 1.29 is 9.13 Å². The first-order valence-corrected chi connectivity index (χ1v) is 4.42. The van der Waals surface area contributed by atoms with Crippen molar-refractivity contribution in [2.45, 2.75) is 19.8 Å². The van der Waals surface area contributed by atoms with Crippen LogP contribution in [0.25, 0.3) is 0 Å². The molecule has 0 aromatic heterocycles. The molecular formula is C10H14FNO. The van der Waals surface area contributed by atoms with Crippen LogP contribution in [-0.4, -0.2) is 6.61 Å². The van der Waals surface area contributed by atoms with Crippen molar-refractivity contribution in [3.8, 4) is 5.75 Å². The largest absolute Gasteiger partial charge is 0.488 e. The van der Waals surface area contributed by atoms with Gasteiger partial charge in [-0.15, -0.1) is 0 Å². The number of halogens is 1. The lowest BCUT2D eigenvalue weighted by Crippen LogP contribution is -2.01. The maximum atomic E-state index is 13.1. The predicted octanol–water partition coefficient (Wildman–Crippen LogP) is 2.59. The molecule has 1 rings (SSSR count). The average Bonchev–Trinajstić information content (AvgIpc) is 2.10. The number of para-hydroxylation sites is 1. The van der Waals surface area contributed by atoms with Crippen LogP contribution in [-0.2, 0) is 0 Å². The molecule has 0 unspecified atom stereocenters. The molecule has 0 saturated carbocycles. The Morgan fingerprint density at radius 2 is 2.23 bits per heavy atom. The lowest BCUT2D eigenvalue weighted by molar-refractivity contribution is 0.296. The molecule has 3 heteroatoms. The SMILES string of the molecule is CCCCOc1c(N)cccc1F. The molecule has 1 aromatic carbocycles. The molecule has 1 aromatic rings. The van der Waals surface area contributed by atoms with E-state index in [0.717, 1.165) is 12.8 Å². The normalized spacial score (nSPS) is 10.0. The number of hydrogen-bond acceptors (Lipinski definition) is 2. The number of nitrogen functional groups attached to an aromatic ring is 1. The average molecular weight is 183 g/mol. The molecule has 0 heterocycles. The highest BCUT2D eigenvalue weighted by Crippen LogP contribution is 2.24. The second kappa shape index (κ2) is 4.70. The van der Waals surface area contributed by atoms with Gasteiger partial charge in [-0.3, -0.25) is 0 Å². The third-order valence-electron chi connectivity index (χ3n) is 1.74. The van der Waals surface area contributed by atoms with Crippen molar-refractivity contribution in [3.05, 3.63) is 24.0 Å². The van der Waals surface area contributed by atoms with Crippen LogP contribution in [0.3, 0.4) is 0 Å². The second-order valence-electron chi connectivity index (χ2n) is 2.86. The quantitative estimate of drug-likeness (QED) is 0.575. The molecule has 0 spiro atoms. The molecule has 0 saturated heterocycles. The number of ether oxygens (including phenoxy) is 1. The first kappa shape index (κ1) is 9.84.